The number of ether oxygens (including phenoxy) is 1. The Hall–Kier alpha value is -2.97. The molecule has 9 heteroatoms. The third-order valence-corrected chi connectivity index (χ3v) is 6.66. The first-order valence-electron chi connectivity index (χ1n) is 12.1. The number of aliphatic carboxylic acids is 1. The molecule has 0 aromatic carbocycles. The van der Waals surface area contributed by atoms with Crippen LogP contribution in [0.5, 0.6) is 0 Å². The highest BCUT2D eigenvalue weighted by Crippen LogP contribution is 2.39. The van der Waals surface area contributed by atoms with Gasteiger partial charge in [0, 0.05) is 36.5 Å². The molecule has 36 heavy (non-hydrogen) atoms. The number of carboxylic acid groups (broad SMARTS) is 1. The number of nitrogens with zero attached hydrogens (tertiary/aromatic N) is 1. The first-order valence-corrected chi connectivity index (χ1v) is 12.4. The second kappa shape index (κ2) is 12.3. The summed E-state index contributed by atoms with van der Waals surface area (Å²) in [6, 6.07) is -0.934. The number of Topliss-reactive ketones (excluding diaryl/α,β-unsaturated/α-hetero) is 2. The van der Waals surface area contributed by atoms with Gasteiger partial charge in [0.1, 0.15) is 6.04 Å². The Balaban J connectivity index is 2.44. The number of carboxylic acids is 1. The van der Waals surface area contributed by atoms with Crippen LogP contribution in [-0.2, 0) is 23.9 Å². The Morgan fingerprint density at radius 1 is 1.25 bits per heavy atom. The number of carbonyl (C=O) groups is 4. The van der Waals surface area contributed by atoms with E-state index in [1.54, 1.807) is 12.3 Å². The van der Waals surface area contributed by atoms with Crippen LogP contribution in [-0.4, -0.2) is 51.7 Å². The van der Waals surface area contributed by atoms with E-state index in [2.05, 4.69) is 19.9 Å². The zero-order valence-corrected chi connectivity index (χ0v) is 22.2. The maximum Gasteiger partial charge on any atom is 0.320 e. The van der Waals surface area contributed by atoms with Crippen LogP contribution >= 0.6 is 11.6 Å². The van der Waals surface area contributed by atoms with Gasteiger partial charge in [-0.1, -0.05) is 49.6 Å². The average molecular weight is 519 g/mol. The minimum absolute atomic E-state index is 0.172. The molecule has 1 aliphatic heterocycles. The average Bonchev–Trinajstić information content (AvgIpc) is 2.82. The SMILES string of the molecule is CC[C@H](C)/C=C(C)/C=C/C1=CC2=C(Cl)C(=O)[C@](C)(OC(C)=O)C(=O)C2=CN1CCCCC(N)C(=O)O. The number of rotatable bonds is 11. The van der Waals surface area contributed by atoms with Crippen molar-refractivity contribution in [1.29, 1.82) is 0 Å². The topological polar surface area (TPSA) is 127 Å². The molecule has 0 aromatic heterocycles. The van der Waals surface area contributed by atoms with Crippen molar-refractivity contribution in [2.24, 2.45) is 11.7 Å². The van der Waals surface area contributed by atoms with E-state index >= 15 is 0 Å². The minimum Gasteiger partial charge on any atom is -0.480 e. The van der Waals surface area contributed by atoms with Crippen molar-refractivity contribution in [3.8, 4) is 0 Å². The number of allylic oxidation sites excluding steroid dienone is 6. The lowest BCUT2D eigenvalue weighted by molar-refractivity contribution is -0.167. The molecular weight excluding hydrogens is 484 g/mol. The van der Waals surface area contributed by atoms with Gasteiger partial charge in [-0.05, 0) is 51.2 Å². The highest BCUT2D eigenvalue weighted by atomic mass is 35.5. The van der Waals surface area contributed by atoms with Gasteiger partial charge in [0.05, 0.1) is 5.03 Å². The molecule has 3 N–H and O–H groups in total. The summed E-state index contributed by atoms with van der Waals surface area (Å²) in [5.74, 6) is -2.81. The van der Waals surface area contributed by atoms with Gasteiger partial charge >= 0.3 is 11.9 Å². The monoisotopic (exact) mass is 518 g/mol. The molecule has 0 radical (unpaired) electrons. The smallest absolute Gasteiger partial charge is 0.320 e. The maximum absolute atomic E-state index is 13.3. The van der Waals surface area contributed by atoms with Crippen LogP contribution in [0.4, 0.5) is 0 Å². The van der Waals surface area contributed by atoms with E-state index in [1.807, 2.05) is 24.0 Å². The molecule has 8 nitrogen and oxygen atoms in total. The normalized spacial score (nSPS) is 22.3. The molecule has 0 saturated heterocycles. The zero-order chi connectivity index (χ0) is 27.2. The van der Waals surface area contributed by atoms with Crippen molar-refractivity contribution < 1.29 is 29.0 Å². The molecule has 0 amide bonds. The Morgan fingerprint density at radius 3 is 2.50 bits per heavy atom. The number of ketones is 2. The van der Waals surface area contributed by atoms with Crippen LogP contribution in [0.25, 0.3) is 0 Å². The maximum atomic E-state index is 13.3. The molecule has 1 unspecified atom stereocenters. The number of carbonyl (C=O) groups excluding carboxylic acids is 3. The fraction of sp³-hybridized carbons (Fsp3) is 0.481. The molecule has 0 spiro atoms. The summed E-state index contributed by atoms with van der Waals surface area (Å²) in [4.78, 5) is 50.7. The van der Waals surface area contributed by atoms with E-state index in [0.717, 1.165) is 18.9 Å². The quantitative estimate of drug-likeness (QED) is 0.180. The number of fused-ring (bicyclic) bond motifs is 1. The van der Waals surface area contributed by atoms with Crippen molar-refractivity contribution in [3.63, 3.8) is 0 Å². The van der Waals surface area contributed by atoms with Crippen molar-refractivity contribution in [3.05, 3.63) is 58.0 Å². The van der Waals surface area contributed by atoms with Crippen molar-refractivity contribution in [1.82, 2.24) is 4.90 Å². The summed E-state index contributed by atoms with van der Waals surface area (Å²) in [6.07, 6.45) is 11.8. The number of unbranched alkanes of at least 4 members (excludes halogenated alkanes) is 1. The largest absolute Gasteiger partial charge is 0.480 e. The number of esters is 1. The van der Waals surface area contributed by atoms with Crippen LogP contribution in [0.1, 0.15) is 60.3 Å². The van der Waals surface area contributed by atoms with Gasteiger partial charge in [-0.2, -0.15) is 0 Å². The summed E-state index contributed by atoms with van der Waals surface area (Å²) in [6.45, 7) is 9.08. The number of hydrogen-bond acceptors (Lipinski definition) is 7. The van der Waals surface area contributed by atoms with Crippen LogP contribution < -0.4 is 5.73 Å². The van der Waals surface area contributed by atoms with E-state index in [4.69, 9.17) is 27.2 Å². The Morgan fingerprint density at radius 2 is 1.92 bits per heavy atom. The highest BCUT2D eigenvalue weighted by Gasteiger charge is 2.52. The van der Waals surface area contributed by atoms with Crippen LogP contribution in [0.3, 0.4) is 0 Å². The molecule has 196 valence electrons. The van der Waals surface area contributed by atoms with Crippen molar-refractivity contribution in [2.75, 3.05) is 6.54 Å². The van der Waals surface area contributed by atoms with Crippen LogP contribution in [0, 0.1) is 5.92 Å². The lowest BCUT2D eigenvalue weighted by atomic mass is 9.79. The van der Waals surface area contributed by atoms with Crippen LogP contribution in [0.15, 0.2) is 58.0 Å². The number of halogens is 1. The summed E-state index contributed by atoms with van der Waals surface area (Å²) < 4.78 is 5.13. The van der Waals surface area contributed by atoms with Gasteiger partial charge in [0.2, 0.25) is 17.2 Å². The fourth-order valence-electron chi connectivity index (χ4n) is 3.99. The second-order valence-electron chi connectivity index (χ2n) is 9.39. The molecule has 2 rings (SSSR count). The summed E-state index contributed by atoms with van der Waals surface area (Å²) in [7, 11) is 0. The summed E-state index contributed by atoms with van der Waals surface area (Å²) >= 11 is 6.41. The molecule has 2 aliphatic rings. The van der Waals surface area contributed by atoms with Gasteiger partial charge in [-0.3, -0.25) is 19.2 Å². The predicted molar refractivity (Wildman–Crippen MR) is 138 cm³/mol. The van der Waals surface area contributed by atoms with Crippen molar-refractivity contribution in [2.45, 2.75) is 71.9 Å². The minimum atomic E-state index is -2.03. The third-order valence-electron chi connectivity index (χ3n) is 6.28. The first-order chi connectivity index (χ1) is 16.8. The second-order valence-corrected chi connectivity index (χ2v) is 9.77. The van der Waals surface area contributed by atoms with E-state index in [1.165, 1.54) is 6.92 Å². The number of hydrogen-bond donors (Lipinski definition) is 2. The van der Waals surface area contributed by atoms with E-state index < -0.39 is 35.1 Å². The lowest BCUT2D eigenvalue weighted by Gasteiger charge is -2.35. The number of nitrogens with two attached hydrogens (primary N) is 1. The first kappa shape index (κ1) is 29.3. The Kier molecular flexibility index (Phi) is 10.0. The predicted octanol–water partition coefficient (Wildman–Crippen LogP) is 4.17. The zero-order valence-electron chi connectivity index (χ0n) is 21.5. The van der Waals surface area contributed by atoms with Gasteiger partial charge in [-0.15, -0.1) is 0 Å². The van der Waals surface area contributed by atoms with E-state index in [0.29, 0.717) is 37.4 Å². The molecule has 1 heterocycles. The van der Waals surface area contributed by atoms with E-state index in [9.17, 15) is 19.2 Å². The highest BCUT2D eigenvalue weighted by molar-refractivity contribution is 6.49. The van der Waals surface area contributed by atoms with Gasteiger partial charge in [-0.25, -0.2) is 0 Å². The molecule has 0 saturated carbocycles. The molecule has 3 atom stereocenters. The lowest BCUT2D eigenvalue weighted by Crippen LogP contribution is -2.52. The van der Waals surface area contributed by atoms with Crippen LogP contribution in [0.2, 0.25) is 0 Å². The summed E-state index contributed by atoms with van der Waals surface area (Å²) in [5, 5.41) is 8.83. The van der Waals surface area contributed by atoms with Gasteiger partial charge < -0.3 is 20.5 Å². The summed E-state index contributed by atoms with van der Waals surface area (Å²) in [5.41, 5.74) is 5.80. The molecule has 1 aliphatic carbocycles. The Bertz CT molecular complexity index is 1080. The molecular formula is C27H35ClN2O6. The van der Waals surface area contributed by atoms with Gasteiger partial charge in [0.15, 0.2) is 0 Å². The third kappa shape index (κ3) is 6.83. The standard InChI is InChI=1S/C27H35ClN2O6/c1-6-16(2)13-17(3)10-11-19-14-20-21(15-30(19)12-8-7-9-22(29)26(34)35)24(32)27(5,36-18(4)31)25(33)23(20)28/h10-11,13-16,22H,6-9,12,29H2,1-5H3,(H,34,35)/b11-10+,17-13+/t16-,22?,27+/m0/s1. The molecule has 0 fully saturated rings. The molecule has 0 bridgehead atoms. The Labute approximate surface area is 217 Å². The fourth-order valence-corrected chi connectivity index (χ4v) is 4.33. The van der Waals surface area contributed by atoms with Gasteiger partial charge in [0.25, 0.3) is 0 Å². The van der Waals surface area contributed by atoms with Crippen molar-refractivity contribution >= 4 is 35.1 Å². The molecule has 0 aromatic rings. The van der Waals surface area contributed by atoms with E-state index in [-0.39, 0.29) is 16.2 Å².